The maximum atomic E-state index is 5.42. The summed E-state index contributed by atoms with van der Waals surface area (Å²) in [6.07, 6.45) is 0. The van der Waals surface area contributed by atoms with Crippen LogP contribution in [-0.4, -0.2) is 59.3 Å². The second kappa shape index (κ2) is 5.60. The van der Waals surface area contributed by atoms with Crippen LogP contribution in [0.2, 0.25) is 0 Å². The average molecular weight is 240 g/mol. The maximum Gasteiger partial charge on any atom is 0.323 e. The van der Waals surface area contributed by atoms with Gasteiger partial charge in [0.25, 0.3) is 0 Å². The Kier molecular flexibility index (Phi) is 3.89. The molecule has 1 aliphatic heterocycles. The van der Waals surface area contributed by atoms with E-state index in [2.05, 4.69) is 19.9 Å². The van der Waals surface area contributed by atoms with Crippen molar-refractivity contribution in [3.8, 4) is 6.01 Å². The topological polar surface area (TPSA) is 112 Å². The van der Waals surface area contributed by atoms with Crippen molar-refractivity contribution >= 4 is 11.9 Å². The van der Waals surface area contributed by atoms with Gasteiger partial charge in [0.05, 0.1) is 13.2 Å². The fraction of sp³-hybridized carbons (Fsp3) is 0.667. The second-order valence-electron chi connectivity index (χ2n) is 3.64. The number of nitrogen functional groups attached to an aromatic ring is 2. The van der Waals surface area contributed by atoms with E-state index in [1.54, 1.807) is 0 Å². The molecule has 17 heavy (non-hydrogen) atoms. The van der Waals surface area contributed by atoms with Crippen molar-refractivity contribution in [3.05, 3.63) is 0 Å². The molecule has 8 heteroatoms. The van der Waals surface area contributed by atoms with E-state index in [1.165, 1.54) is 0 Å². The lowest BCUT2D eigenvalue weighted by atomic mass is 10.4. The number of hydrogen-bond donors (Lipinski definition) is 2. The molecule has 2 rings (SSSR count). The highest BCUT2D eigenvalue weighted by molar-refractivity contribution is 5.27. The number of ether oxygens (including phenoxy) is 2. The van der Waals surface area contributed by atoms with Crippen LogP contribution in [0.3, 0.4) is 0 Å². The van der Waals surface area contributed by atoms with Gasteiger partial charge in [-0.3, -0.25) is 4.90 Å². The molecule has 1 aromatic heterocycles. The van der Waals surface area contributed by atoms with Gasteiger partial charge in [-0.25, -0.2) is 0 Å². The minimum absolute atomic E-state index is 0.0684. The van der Waals surface area contributed by atoms with Crippen LogP contribution in [0.4, 0.5) is 11.9 Å². The molecular formula is C9H16N6O2. The van der Waals surface area contributed by atoms with E-state index in [0.29, 0.717) is 6.61 Å². The van der Waals surface area contributed by atoms with E-state index in [0.717, 1.165) is 32.8 Å². The normalized spacial score (nSPS) is 16.9. The molecule has 1 aromatic rings. The molecule has 2 heterocycles. The molecule has 8 nitrogen and oxygen atoms in total. The molecule has 0 unspecified atom stereocenters. The van der Waals surface area contributed by atoms with E-state index >= 15 is 0 Å². The van der Waals surface area contributed by atoms with Crippen molar-refractivity contribution in [2.45, 2.75) is 0 Å². The van der Waals surface area contributed by atoms with E-state index in [1.807, 2.05) is 0 Å². The smallest absolute Gasteiger partial charge is 0.323 e. The van der Waals surface area contributed by atoms with Crippen molar-refractivity contribution < 1.29 is 9.47 Å². The molecule has 0 bridgehead atoms. The molecule has 0 aromatic carbocycles. The van der Waals surface area contributed by atoms with Gasteiger partial charge in [-0.15, -0.1) is 0 Å². The van der Waals surface area contributed by atoms with Gasteiger partial charge in [-0.05, 0) is 0 Å². The fourth-order valence-corrected chi connectivity index (χ4v) is 1.54. The van der Waals surface area contributed by atoms with Crippen LogP contribution >= 0.6 is 0 Å². The fourth-order valence-electron chi connectivity index (χ4n) is 1.54. The van der Waals surface area contributed by atoms with Crippen LogP contribution in [-0.2, 0) is 4.74 Å². The summed E-state index contributed by atoms with van der Waals surface area (Å²) in [5, 5.41) is 0. The number of nitrogens with zero attached hydrogens (tertiary/aromatic N) is 4. The Morgan fingerprint density at radius 3 is 2.41 bits per heavy atom. The number of rotatable bonds is 4. The van der Waals surface area contributed by atoms with Crippen LogP contribution in [0.25, 0.3) is 0 Å². The Bertz CT molecular complexity index is 348. The lowest BCUT2D eigenvalue weighted by Crippen LogP contribution is -2.38. The lowest BCUT2D eigenvalue weighted by molar-refractivity contribution is 0.0317. The monoisotopic (exact) mass is 240 g/mol. The molecule has 0 atom stereocenters. The zero-order valence-electron chi connectivity index (χ0n) is 9.50. The number of nitrogens with two attached hydrogens (primary N) is 2. The van der Waals surface area contributed by atoms with Gasteiger partial charge in [-0.1, -0.05) is 0 Å². The molecule has 0 amide bonds. The molecular weight excluding hydrogens is 224 g/mol. The predicted octanol–water partition coefficient (Wildman–Crippen LogP) is -1.25. The summed E-state index contributed by atoms with van der Waals surface area (Å²) in [5.41, 5.74) is 10.8. The molecule has 1 aliphatic rings. The van der Waals surface area contributed by atoms with Gasteiger partial charge in [0.15, 0.2) is 0 Å². The Balaban J connectivity index is 1.77. The summed E-state index contributed by atoms with van der Waals surface area (Å²) >= 11 is 0. The third kappa shape index (κ3) is 3.68. The Morgan fingerprint density at radius 1 is 1.12 bits per heavy atom. The van der Waals surface area contributed by atoms with Gasteiger partial charge in [0.2, 0.25) is 11.9 Å². The number of aromatic nitrogens is 3. The van der Waals surface area contributed by atoms with Crippen LogP contribution in [0, 0.1) is 0 Å². The van der Waals surface area contributed by atoms with E-state index in [4.69, 9.17) is 20.9 Å². The zero-order valence-corrected chi connectivity index (χ0v) is 9.50. The van der Waals surface area contributed by atoms with Gasteiger partial charge >= 0.3 is 6.01 Å². The Labute approximate surface area is 98.9 Å². The highest BCUT2D eigenvalue weighted by Crippen LogP contribution is 2.06. The van der Waals surface area contributed by atoms with Crippen molar-refractivity contribution in [1.29, 1.82) is 0 Å². The molecule has 0 spiro atoms. The number of hydrogen-bond acceptors (Lipinski definition) is 8. The molecule has 1 saturated heterocycles. The highest BCUT2D eigenvalue weighted by atomic mass is 16.5. The first kappa shape index (κ1) is 11.8. The minimum atomic E-state index is 0.0684. The predicted molar refractivity (Wildman–Crippen MR) is 61.4 cm³/mol. The van der Waals surface area contributed by atoms with E-state index < -0.39 is 0 Å². The lowest BCUT2D eigenvalue weighted by Gasteiger charge is -2.26. The molecule has 0 radical (unpaired) electrons. The first-order valence-electron chi connectivity index (χ1n) is 5.44. The first-order valence-corrected chi connectivity index (χ1v) is 5.44. The molecule has 94 valence electrons. The summed E-state index contributed by atoms with van der Waals surface area (Å²) in [5.74, 6) is 0.137. The molecule has 4 N–H and O–H groups in total. The second-order valence-corrected chi connectivity index (χ2v) is 3.64. The van der Waals surface area contributed by atoms with Crippen molar-refractivity contribution in [1.82, 2.24) is 19.9 Å². The van der Waals surface area contributed by atoms with Crippen LogP contribution < -0.4 is 16.2 Å². The average Bonchev–Trinajstić information content (AvgIpc) is 2.29. The first-order chi connectivity index (χ1) is 8.24. The van der Waals surface area contributed by atoms with Crippen LogP contribution in [0.1, 0.15) is 0 Å². The van der Waals surface area contributed by atoms with Crippen molar-refractivity contribution in [2.75, 3.05) is 50.9 Å². The largest absolute Gasteiger partial charge is 0.462 e. The number of morpholine rings is 1. The Hall–Kier alpha value is -1.67. The number of anilines is 2. The van der Waals surface area contributed by atoms with E-state index in [9.17, 15) is 0 Å². The minimum Gasteiger partial charge on any atom is -0.462 e. The van der Waals surface area contributed by atoms with Crippen molar-refractivity contribution in [3.63, 3.8) is 0 Å². The quantitative estimate of drug-likeness (QED) is 0.671. The third-order valence-corrected chi connectivity index (χ3v) is 2.39. The van der Waals surface area contributed by atoms with Gasteiger partial charge in [0, 0.05) is 19.6 Å². The summed E-state index contributed by atoms with van der Waals surface area (Å²) < 4.78 is 10.6. The summed E-state index contributed by atoms with van der Waals surface area (Å²) in [6, 6.07) is 0.170. The van der Waals surface area contributed by atoms with Crippen LogP contribution in [0.15, 0.2) is 0 Å². The third-order valence-electron chi connectivity index (χ3n) is 2.39. The van der Waals surface area contributed by atoms with Crippen LogP contribution in [0.5, 0.6) is 6.01 Å². The van der Waals surface area contributed by atoms with Gasteiger partial charge in [-0.2, -0.15) is 15.0 Å². The Morgan fingerprint density at radius 2 is 1.76 bits per heavy atom. The van der Waals surface area contributed by atoms with Gasteiger partial charge < -0.3 is 20.9 Å². The highest BCUT2D eigenvalue weighted by Gasteiger charge is 2.10. The molecule has 1 fully saturated rings. The summed E-state index contributed by atoms with van der Waals surface area (Å²) in [4.78, 5) is 13.6. The van der Waals surface area contributed by atoms with Crippen molar-refractivity contribution in [2.24, 2.45) is 0 Å². The standard InChI is InChI=1S/C9H16N6O2/c10-7-12-8(11)14-9(13-7)17-6-3-15-1-4-16-5-2-15/h1-6H2,(H4,10,11,12,13,14). The maximum absolute atomic E-state index is 5.42. The zero-order chi connectivity index (χ0) is 12.1. The van der Waals surface area contributed by atoms with Gasteiger partial charge in [0.1, 0.15) is 6.61 Å². The SMILES string of the molecule is Nc1nc(N)nc(OCCN2CCOCC2)n1. The summed E-state index contributed by atoms with van der Waals surface area (Å²) in [7, 11) is 0. The van der Waals surface area contributed by atoms with E-state index in [-0.39, 0.29) is 17.9 Å². The molecule has 0 aliphatic carbocycles. The summed E-state index contributed by atoms with van der Waals surface area (Å²) in [6.45, 7) is 4.67. The molecule has 0 saturated carbocycles.